The van der Waals surface area contributed by atoms with Crippen LogP contribution in [0.15, 0.2) is 27.7 Å². The van der Waals surface area contributed by atoms with Crippen LogP contribution in [-0.4, -0.2) is 73.3 Å². The molecule has 3 heterocycles. The van der Waals surface area contributed by atoms with Crippen molar-refractivity contribution in [3.63, 3.8) is 0 Å². The van der Waals surface area contributed by atoms with Crippen molar-refractivity contribution in [3.05, 3.63) is 50.4 Å². The molecular weight excluding hydrogens is 618 g/mol. The third kappa shape index (κ3) is 6.74. The van der Waals surface area contributed by atoms with E-state index in [0.29, 0.717) is 56.1 Å². The number of carbonyl (C=O) groups is 1. The van der Waals surface area contributed by atoms with Gasteiger partial charge in [0.15, 0.2) is 0 Å². The predicted octanol–water partition coefficient (Wildman–Crippen LogP) is 3.86. The van der Waals surface area contributed by atoms with E-state index in [1.807, 2.05) is 11.8 Å². The van der Waals surface area contributed by atoms with Crippen molar-refractivity contribution in [3.8, 4) is 0 Å². The third-order valence-electron chi connectivity index (χ3n) is 6.36. The number of carbonyl (C=O) groups excluding carboxylic acids is 1. The van der Waals surface area contributed by atoms with Gasteiger partial charge in [-0.15, -0.1) is 5.10 Å². The van der Waals surface area contributed by atoms with Crippen LogP contribution in [0.5, 0.6) is 0 Å². The molecule has 11 nitrogen and oxygen atoms in total. The molecule has 0 spiro atoms. The Bertz CT molecular complexity index is 1490. The van der Waals surface area contributed by atoms with E-state index in [2.05, 4.69) is 31.3 Å². The maximum Gasteiger partial charge on any atom is 0.416 e. The lowest BCUT2D eigenvalue weighted by atomic mass is 10.2. The molecule has 0 radical (unpaired) electrons. The van der Waals surface area contributed by atoms with Crippen molar-refractivity contribution in [2.24, 2.45) is 0 Å². The average Bonchev–Trinajstić information content (AvgIpc) is 3.27. The molecule has 0 bridgehead atoms. The zero-order valence-corrected chi connectivity index (χ0v) is 24.4. The number of hydrogen-bond donors (Lipinski definition) is 2. The number of hydrogen-bond acceptors (Lipinski definition) is 8. The molecule has 1 amide bonds. The van der Waals surface area contributed by atoms with E-state index in [0.717, 1.165) is 10.6 Å². The molecule has 1 atom stereocenters. The van der Waals surface area contributed by atoms with Crippen molar-refractivity contribution in [1.29, 1.82) is 0 Å². The lowest BCUT2D eigenvalue weighted by molar-refractivity contribution is -0.137. The molecule has 0 aliphatic carbocycles. The smallest absolute Gasteiger partial charge is 0.416 e. The Kier molecular flexibility index (Phi) is 8.55. The van der Waals surface area contributed by atoms with E-state index in [-0.39, 0.29) is 22.7 Å². The predicted molar refractivity (Wildman–Crippen MR) is 145 cm³/mol. The first kappa shape index (κ1) is 30.6. The summed E-state index contributed by atoms with van der Waals surface area (Å²) >= 11 is 3.17. The molecule has 224 valence electrons. The average molecular weight is 648 g/mol. The highest BCUT2D eigenvalue weighted by molar-refractivity contribution is 9.10. The molecule has 41 heavy (non-hydrogen) atoms. The van der Waals surface area contributed by atoms with E-state index in [1.165, 1.54) is 0 Å². The molecule has 1 fully saturated rings. The van der Waals surface area contributed by atoms with E-state index < -0.39 is 41.0 Å². The maximum absolute atomic E-state index is 14.4. The fourth-order valence-electron chi connectivity index (χ4n) is 4.58. The molecule has 3 aromatic rings. The number of aliphatic hydroxyl groups is 1. The van der Waals surface area contributed by atoms with Crippen LogP contribution in [0, 0.1) is 5.82 Å². The first-order valence-electron chi connectivity index (χ1n) is 12.8. The molecular formula is C25H30BrF4N7O4. The number of aliphatic hydroxyl groups excluding tert-OH is 1. The van der Waals surface area contributed by atoms with Gasteiger partial charge >= 0.3 is 12.3 Å². The van der Waals surface area contributed by atoms with Crippen LogP contribution in [0.1, 0.15) is 39.0 Å². The zero-order chi connectivity index (χ0) is 30.3. The Morgan fingerprint density at radius 3 is 2.41 bits per heavy atom. The summed E-state index contributed by atoms with van der Waals surface area (Å²) in [5.41, 5.74) is -1.79. The van der Waals surface area contributed by atoms with E-state index in [9.17, 15) is 32.3 Å². The summed E-state index contributed by atoms with van der Waals surface area (Å²) < 4.78 is 61.4. The highest BCUT2D eigenvalue weighted by Gasteiger charge is 2.32. The summed E-state index contributed by atoms with van der Waals surface area (Å²) in [5, 5.41) is 17.4. The Labute approximate surface area is 240 Å². The summed E-state index contributed by atoms with van der Waals surface area (Å²) in [4.78, 5) is 33.7. The van der Waals surface area contributed by atoms with Gasteiger partial charge in [-0.25, -0.2) is 9.18 Å². The SMILES string of the molecule is CCc1c(N2CCN(C(=O)OC(C)(C)C)CC2)c(=O)n2nc(Br)nc2n1CC(O)Nc1ccc(C(F)(F)F)cc1F. The number of aromatic nitrogens is 4. The van der Waals surface area contributed by atoms with Crippen molar-refractivity contribution in [2.45, 2.75) is 58.7 Å². The lowest BCUT2D eigenvalue weighted by Gasteiger charge is -2.37. The minimum atomic E-state index is -4.72. The monoisotopic (exact) mass is 647 g/mol. The van der Waals surface area contributed by atoms with Gasteiger partial charge in [0, 0.05) is 31.9 Å². The highest BCUT2D eigenvalue weighted by atomic mass is 79.9. The summed E-state index contributed by atoms with van der Waals surface area (Å²) in [6, 6.07) is 1.94. The zero-order valence-electron chi connectivity index (χ0n) is 22.8. The second kappa shape index (κ2) is 11.5. The number of halogens is 5. The van der Waals surface area contributed by atoms with Crippen molar-refractivity contribution in [2.75, 3.05) is 36.4 Å². The van der Waals surface area contributed by atoms with E-state index >= 15 is 0 Å². The lowest BCUT2D eigenvalue weighted by Crippen LogP contribution is -2.51. The Morgan fingerprint density at radius 1 is 1.20 bits per heavy atom. The van der Waals surface area contributed by atoms with E-state index in [4.69, 9.17) is 4.74 Å². The summed E-state index contributed by atoms with van der Waals surface area (Å²) in [6.07, 6.45) is -6.32. The highest BCUT2D eigenvalue weighted by Crippen LogP contribution is 2.31. The van der Waals surface area contributed by atoms with Crippen LogP contribution in [0.4, 0.5) is 33.7 Å². The van der Waals surface area contributed by atoms with Gasteiger partial charge in [0.1, 0.15) is 23.3 Å². The van der Waals surface area contributed by atoms with Crippen LogP contribution < -0.4 is 15.8 Å². The van der Waals surface area contributed by atoms with Gasteiger partial charge in [-0.2, -0.15) is 22.7 Å². The van der Waals surface area contributed by atoms with E-state index in [1.54, 1.807) is 30.2 Å². The van der Waals surface area contributed by atoms with Crippen molar-refractivity contribution < 1.29 is 32.2 Å². The van der Waals surface area contributed by atoms with Gasteiger partial charge in [-0.3, -0.25) is 4.79 Å². The standard InChI is InChI=1S/C25H30BrF4N7O4/c1-5-17-19(34-8-10-35(11-9-34)23(40)41-24(2,3)4)20(39)37-22(32-21(26)33-37)36(17)13-18(38)31-16-7-6-14(12-15(16)27)25(28,29)30/h6-7,12,18,31,38H,5,8-11,13H2,1-4H3. The fourth-order valence-corrected chi connectivity index (χ4v) is 4.89. The molecule has 1 aromatic carbocycles. The van der Waals surface area contributed by atoms with Gasteiger partial charge < -0.3 is 29.5 Å². The number of amides is 1. The summed E-state index contributed by atoms with van der Waals surface area (Å²) in [7, 11) is 0. The topological polar surface area (TPSA) is 117 Å². The Hall–Kier alpha value is -3.40. The molecule has 1 aliphatic rings. The number of rotatable bonds is 6. The molecule has 2 aromatic heterocycles. The quantitative estimate of drug-likeness (QED) is 0.306. The fraction of sp³-hybridized carbons (Fsp3) is 0.520. The first-order chi connectivity index (χ1) is 19.1. The van der Waals surface area contributed by atoms with Gasteiger partial charge in [0.2, 0.25) is 10.5 Å². The van der Waals surface area contributed by atoms with Crippen molar-refractivity contribution in [1.82, 2.24) is 24.1 Å². The number of fused-ring (bicyclic) bond motifs is 1. The number of nitrogens with one attached hydrogen (secondary N) is 1. The Morgan fingerprint density at radius 2 is 1.85 bits per heavy atom. The minimum Gasteiger partial charge on any atom is -0.444 e. The van der Waals surface area contributed by atoms with Crippen LogP contribution in [0.25, 0.3) is 5.78 Å². The van der Waals surface area contributed by atoms with Crippen molar-refractivity contribution >= 4 is 39.2 Å². The number of nitrogens with zero attached hydrogens (tertiary/aromatic N) is 6. The van der Waals surface area contributed by atoms with Gasteiger partial charge in [0.05, 0.1) is 17.8 Å². The van der Waals surface area contributed by atoms with Crippen LogP contribution >= 0.6 is 15.9 Å². The number of ether oxygens (including phenoxy) is 1. The maximum atomic E-state index is 14.4. The number of benzene rings is 1. The first-order valence-corrected chi connectivity index (χ1v) is 13.6. The Balaban J connectivity index is 1.63. The molecule has 16 heteroatoms. The second-order valence-electron chi connectivity index (χ2n) is 10.5. The number of piperazine rings is 1. The molecule has 4 rings (SSSR count). The largest absolute Gasteiger partial charge is 0.444 e. The molecule has 1 unspecified atom stereocenters. The summed E-state index contributed by atoms with van der Waals surface area (Å²) in [6.45, 7) is 8.13. The van der Waals surface area contributed by atoms with Crippen LogP contribution in [-0.2, 0) is 23.9 Å². The van der Waals surface area contributed by atoms with Gasteiger partial charge in [-0.1, -0.05) is 6.92 Å². The molecule has 1 aliphatic heterocycles. The second-order valence-corrected chi connectivity index (χ2v) is 11.2. The van der Waals surface area contributed by atoms with Crippen LogP contribution in [0.3, 0.4) is 0 Å². The normalized spacial score (nSPS) is 15.4. The summed E-state index contributed by atoms with van der Waals surface area (Å²) in [5.74, 6) is -1.09. The van der Waals surface area contributed by atoms with Crippen LogP contribution in [0.2, 0.25) is 0 Å². The van der Waals surface area contributed by atoms with Gasteiger partial charge in [-0.05, 0) is 61.3 Å². The minimum absolute atomic E-state index is 0.101. The third-order valence-corrected chi connectivity index (χ3v) is 6.69. The molecule has 1 saturated heterocycles. The molecule has 2 N–H and O–H groups in total. The number of alkyl halides is 3. The van der Waals surface area contributed by atoms with Gasteiger partial charge in [0.25, 0.3) is 5.56 Å². The number of anilines is 2. The molecule has 0 saturated carbocycles.